The highest BCUT2D eigenvalue weighted by Gasteiger charge is 2.14. The highest BCUT2D eigenvalue weighted by Crippen LogP contribution is 2.10. The van der Waals surface area contributed by atoms with Gasteiger partial charge in [0.15, 0.2) is 19.0 Å². The quantitative estimate of drug-likeness (QED) is 0.359. The lowest BCUT2D eigenvalue weighted by atomic mass is 10.3. The van der Waals surface area contributed by atoms with Crippen molar-refractivity contribution in [2.75, 3.05) is 17.8 Å². The second-order valence-electron chi connectivity index (χ2n) is 4.68. The Bertz CT molecular complexity index is 726. The lowest BCUT2D eigenvalue weighted by Crippen LogP contribution is -2.36. The van der Waals surface area contributed by atoms with Crippen LogP contribution in [0.4, 0.5) is 5.69 Å². The average molecular weight is 324 g/mol. The van der Waals surface area contributed by atoms with Crippen LogP contribution in [0.25, 0.3) is 0 Å². The van der Waals surface area contributed by atoms with Gasteiger partial charge in [0.05, 0.1) is 11.4 Å². The molecule has 2 aromatic rings. The van der Waals surface area contributed by atoms with Crippen LogP contribution in [0.15, 0.2) is 52.3 Å². The van der Waals surface area contributed by atoms with Crippen LogP contribution in [0.2, 0.25) is 0 Å². The largest absolute Gasteiger partial charge is 0.406 e. The Hall–Kier alpha value is -2.19. The molecule has 1 heterocycles. The standard InChI is InChI=1S/C14H17N3O4S/c1-16(13-6-3-2-4-7-13)15-12-14-17(9-10-21-14)8-5-11-22(18,19)20/h2-4,6-7,9-10,12H,5,8,11H2,1H3/p+1. The minimum absolute atomic E-state index is 0.286. The molecule has 0 unspecified atom stereocenters. The third-order valence-corrected chi connectivity index (χ3v) is 3.79. The Morgan fingerprint density at radius 2 is 2.09 bits per heavy atom. The zero-order valence-electron chi connectivity index (χ0n) is 12.2. The Morgan fingerprint density at radius 1 is 1.36 bits per heavy atom. The van der Waals surface area contributed by atoms with Gasteiger partial charge >= 0.3 is 5.89 Å². The van der Waals surface area contributed by atoms with Crippen molar-refractivity contribution < 1.29 is 22.0 Å². The summed E-state index contributed by atoms with van der Waals surface area (Å²) in [7, 11) is -2.12. The van der Waals surface area contributed by atoms with Crippen molar-refractivity contribution in [2.24, 2.45) is 5.10 Å². The first-order chi connectivity index (χ1) is 10.5. The second-order valence-corrected chi connectivity index (χ2v) is 6.25. The Labute approximate surface area is 129 Å². The fourth-order valence-electron chi connectivity index (χ4n) is 1.87. The Morgan fingerprint density at radius 3 is 2.77 bits per heavy atom. The summed E-state index contributed by atoms with van der Waals surface area (Å²) in [5, 5.41) is 5.98. The van der Waals surface area contributed by atoms with Crippen molar-refractivity contribution in [1.82, 2.24) is 0 Å². The van der Waals surface area contributed by atoms with E-state index in [4.69, 9.17) is 8.97 Å². The monoisotopic (exact) mass is 324 g/mol. The predicted molar refractivity (Wildman–Crippen MR) is 82.4 cm³/mol. The fraction of sp³-hybridized carbons (Fsp3) is 0.286. The van der Waals surface area contributed by atoms with Gasteiger partial charge in [-0.1, -0.05) is 18.2 Å². The van der Waals surface area contributed by atoms with E-state index >= 15 is 0 Å². The van der Waals surface area contributed by atoms with E-state index in [-0.39, 0.29) is 5.75 Å². The second kappa shape index (κ2) is 7.19. The number of nitrogens with zero attached hydrogens (tertiary/aromatic N) is 3. The SMILES string of the molecule is CN(/N=C/c1occ[n+]1CCCS(=O)(=O)O)c1ccccc1. The Balaban J connectivity index is 1.99. The molecule has 0 saturated carbocycles. The summed E-state index contributed by atoms with van der Waals surface area (Å²) in [5.74, 6) is 0.212. The molecule has 8 heteroatoms. The maximum absolute atomic E-state index is 10.7. The number of oxazole rings is 1. The van der Waals surface area contributed by atoms with Gasteiger partial charge in [-0.05, 0) is 12.1 Å². The summed E-state index contributed by atoms with van der Waals surface area (Å²) in [4.78, 5) is 0. The molecule has 0 atom stereocenters. The van der Waals surface area contributed by atoms with Gasteiger partial charge in [0.2, 0.25) is 6.20 Å². The molecule has 0 fully saturated rings. The first-order valence-corrected chi connectivity index (χ1v) is 8.31. The van der Waals surface area contributed by atoms with Crippen molar-refractivity contribution in [3.63, 3.8) is 0 Å². The van der Waals surface area contributed by atoms with Gasteiger partial charge in [-0.3, -0.25) is 9.56 Å². The van der Waals surface area contributed by atoms with E-state index in [0.29, 0.717) is 18.9 Å². The van der Waals surface area contributed by atoms with Crippen molar-refractivity contribution in [3.8, 4) is 0 Å². The number of anilines is 1. The van der Waals surface area contributed by atoms with E-state index in [1.165, 1.54) is 6.26 Å². The normalized spacial score (nSPS) is 11.9. The smallest absolute Gasteiger partial charge is 0.393 e. The molecule has 0 amide bonds. The van der Waals surface area contributed by atoms with Crippen molar-refractivity contribution in [2.45, 2.75) is 13.0 Å². The van der Waals surface area contributed by atoms with Crippen LogP contribution in [0.3, 0.4) is 0 Å². The molecule has 0 radical (unpaired) electrons. The Kier molecular flexibility index (Phi) is 5.29. The molecule has 0 aliphatic heterocycles. The molecule has 0 spiro atoms. The van der Waals surface area contributed by atoms with Gasteiger partial charge in [0.25, 0.3) is 10.1 Å². The van der Waals surface area contributed by atoms with Gasteiger partial charge in [-0.2, -0.15) is 18.1 Å². The third kappa shape index (κ3) is 4.97. The van der Waals surface area contributed by atoms with Gasteiger partial charge < -0.3 is 4.42 Å². The number of aryl methyl sites for hydroxylation is 1. The van der Waals surface area contributed by atoms with Crippen LogP contribution in [0.1, 0.15) is 12.3 Å². The molecule has 22 heavy (non-hydrogen) atoms. The molecule has 118 valence electrons. The summed E-state index contributed by atoms with van der Waals surface area (Å²) in [6, 6.07) is 9.63. The first kappa shape index (κ1) is 16.2. The van der Waals surface area contributed by atoms with Gasteiger partial charge in [-0.15, -0.1) is 0 Å². The van der Waals surface area contributed by atoms with Crippen LogP contribution < -0.4 is 9.58 Å². The molecule has 1 aromatic carbocycles. The van der Waals surface area contributed by atoms with Crippen LogP contribution in [-0.4, -0.2) is 32.0 Å². The fourth-order valence-corrected chi connectivity index (χ4v) is 2.36. The molecule has 7 nitrogen and oxygen atoms in total. The number of hydrazone groups is 1. The van der Waals surface area contributed by atoms with Crippen LogP contribution >= 0.6 is 0 Å². The van der Waals surface area contributed by atoms with Gasteiger partial charge in [0.1, 0.15) is 0 Å². The summed E-state index contributed by atoms with van der Waals surface area (Å²) >= 11 is 0. The van der Waals surface area contributed by atoms with Crippen molar-refractivity contribution in [1.29, 1.82) is 0 Å². The maximum atomic E-state index is 10.7. The van der Waals surface area contributed by atoms with Crippen LogP contribution in [-0.2, 0) is 16.7 Å². The number of para-hydroxylation sites is 1. The highest BCUT2D eigenvalue weighted by atomic mass is 32.2. The lowest BCUT2D eigenvalue weighted by molar-refractivity contribution is -0.700. The number of rotatable bonds is 7. The van der Waals surface area contributed by atoms with E-state index in [1.807, 2.05) is 37.4 Å². The van der Waals surface area contributed by atoms with E-state index in [0.717, 1.165) is 5.69 Å². The summed E-state index contributed by atoms with van der Waals surface area (Å²) in [6.45, 7) is 0.409. The molecule has 1 aromatic heterocycles. The number of hydrogen-bond donors (Lipinski definition) is 1. The van der Waals surface area contributed by atoms with Gasteiger partial charge in [0, 0.05) is 13.5 Å². The summed E-state index contributed by atoms with van der Waals surface area (Å²) in [5.41, 5.74) is 0.934. The first-order valence-electron chi connectivity index (χ1n) is 6.70. The third-order valence-electron chi connectivity index (χ3n) is 2.99. The predicted octanol–water partition coefficient (Wildman–Crippen LogP) is 1.32. The van der Waals surface area contributed by atoms with E-state index < -0.39 is 10.1 Å². The maximum Gasteiger partial charge on any atom is 0.393 e. The van der Waals surface area contributed by atoms with Crippen LogP contribution in [0.5, 0.6) is 0 Å². The molecule has 0 aliphatic carbocycles. The van der Waals surface area contributed by atoms with Crippen LogP contribution in [0, 0.1) is 0 Å². The minimum Gasteiger partial charge on any atom is -0.406 e. The molecular weight excluding hydrogens is 306 g/mol. The number of hydrogen-bond acceptors (Lipinski definition) is 5. The van der Waals surface area contributed by atoms with E-state index in [1.54, 1.807) is 22.0 Å². The summed E-state index contributed by atoms with van der Waals surface area (Å²) < 4.78 is 37.2. The minimum atomic E-state index is -3.94. The molecule has 0 aliphatic rings. The van der Waals surface area contributed by atoms with E-state index in [2.05, 4.69) is 5.10 Å². The van der Waals surface area contributed by atoms with Crippen molar-refractivity contribution >= 4 is 22.0 Å². The molecule has 0 saturated heterocycles. The number of benzene rings is 1. The molecule has 0 bridgehead atoms. The van der Waals surface area contributed by atoms with Gasteiger partial charge in [-0.25, -0.2) is 0 Å². The lowest BCUT2D eigenvalue weighted by Gasteiger charge is -2.11. The zero-order chi connectivity index (χ0) is 16.0. The number of aromatic nitrogens is 1. The average Bonchev–Trinajstić information content (AvgIpc) is 2.92. The van der Waals surface area contributed by atoms with Crippen molar-refractivity contribution in [3.05, 3.63) is 48.7 Å². The zero-order valence-corrected chi connectivity index (χ0v) is 13.0. The molecular formula is C14H18N3O4S+. The molecule has 1 N–H and O–H groups in total. The summed E-state index contributed by atoms with van der Waals surface area (Å²) in [6.07, 6.45) is 5.03. The topological polar surface area (TPSA) is 87.0 Å². The highest BCUT2D eigenvalue weighted by molar-refractivity contribution is 7.85. The van der Waals surface area contributed by atoms with E-state index in [9.17, 15) is 8.42 Å². The molecule has 2 rings (SSSR count).